The first-order valence-corrected chi connectivity index (χ1v) is 5.61. The summed E-state index contributed by atoms with van der Waals surface area (Å²) in [7, 11) is 1.58. The van der Waals surface area contributed by atoms with Gasteiger partial charge in [0.05, 0.1) is 11.6 Å². The zero-order valence-electron chi connectivity index (χ0n) is 8.73. The van der Waals surface area contributed by atoms with Gasteiger partial charge in [-0.1, -0.05) is 0 Å². The highest BCUT2D eigenvalue weighted by Gasteiger charge is 2.44. The zero-order chi connectivity index (χ0) is 11.2. The van der Waals surface area contributed by atoms with Crippen LogP contribution in [-0.4, -0.2) is 7.11 Å². The first kappa shape index (κ1) is 10.9. The van der Waals surface area contributed by atoms with Crippen LogP contribution in [0.15, 0.2) is 10.5 Å². The fourth-order valence-electron chi connectivity index (χ4n) is 1.88. The standard InChI is InChI=1S/C11H13BrFNO/c1-6-8(13)5-7(12)10(15-2)9(6)11(14)3-4-11/h5H,3-4,14H2,1-2H3. The predicted octanol–water partition coefficient (Wildman–Crippen LogP) is 2.85. The van der Waals surface area contributed by atoms with Crippen LogP contribution in [0.25, 0.3) is 0 Å². The third-order valence-corrected chi connectivity index (χ3v) is 3.51. The van der Waals surface area contributed by atoms with Gasteiger partial charge >= 0.3 is 0 Å². The molecule has 0 spiro atoms. The van der Waals surface area contributed by atoms with Gasteiger partial charge in [-0.15, -0.1) is 0 Å². The Morgan fingerprint density at radius 3 is 2.60 bits per heavy atom. The van der Waals surface area contributed by atoms with Crippen LogP contribution < -0.4 is 10.5 Å². The maximum atomic E-state index is 13.6. The minimum atomic E-state index is -0.389. The molecule has 0 atom stereocenters. The van der Waals surface area contributed by atoms with Crippen LogP contribution in [0.1, 0.15) is 24.0 Å². The van der Waals surface area contributed by atoms with E-state index in [1.807, 2.05) is 0 Å². The first-order chi connectivity index (χ1) is 6.99. The van der Waals surface area contributed by atoms with Crippen molar-refractivity contribution >= 4 is 15.9 Å². The maximum absolute atomic E-state index is 13.6. The van der Waals surface area contributed by atoms with E-state index < -0.39 is 0 Å². The summed E-state index contributed by atoms with van der Waals surface area (Å²) in [6.07, 6.45) is 1.78. The topological polar surface area (TPSA) is 35.2 Å². The molecule has 0 bridgehead atoms. The molecule has 1 aromatic carbocycles. The molecule has 1 aliphatic rings. The van der Waals surface area contributed by atoms with Crippen molar-refractivity contribution < 1.29 is 9.13 Å². The fourth-order valence-corrected chi connectivity index (χ4v) is 2.44. The van der Waals surface area contributed by atoms with Gasteiger partial charge in [0.1, 0.15) is 11.6 Å². The van der Waals surface area contributed by atoms with Crippen LogP contribution in [-0.2, 0) is 5.54 Å². The minimum Gasteiger partial charge on any atom is -0.495 e. The summed E-state index contributed by atoms with van der Waals surface area (Å²) < 4.78 is 19.5. The molecule has 2 nitrogen and oxygen atoms in total. The van der Waals surface area contributed by atoms with Crippen molar-refractivity contribution in [3.05, 3.63) is 27.5 Å². The van der Waals surface area contributed by atoms with Gasteiger partial charge in [0.2, 0.25) is 0 Å². The summed E-state index contributed by atoms with van der Waals surface area (Å²) in [6.45, 7) is 1.74. The lowest BCUT2D eigenvalue weighted by molar-refractivity contribution is 0.399. The minimum absolute atomic E-state index is 0.241. The number of nitrogens with two attached hydrogens (primary N) is 1. The molecule has 0 radical (unpaired) electrons. The van der Waals surface area contributed by atoms with Gasteiger partial charge in [-0.05, 0) is 47.3 Å². The van der Waals surface area contributed by atoms with E-state index in [2.05, 4.69) is 15.9 Å². The van der Waals surface area contributed by atoms with E-state index in [4.69, 9.17) is 10.5 Å². The van der Waals surface area contributed by atoms with E-state index in [1.165, 1.54) is 6.07 Å². The van der Waals surface area contributed by atoms with Crippen LogP contribution in [0.5, 0.6) is 5.75 Å². The molecular formula is C11H13BrFNO. The van der Waals surface area contributed by atoms with Crippen LogP contribution >= 0.6 is 15.9 Å². The van der Waals surface area contributed by atoms with Crippen LogP contribution in [0.2, 0.25) is 0 Å². The van der Waals surface area contributed by atoms with E-state index in [9.17, 15) is 4.39 Å². The molecule has 15 heavy (non-hydrogen) atoms. The molecule has 1 aliphatic carbocycles. The number of benzene rings is 1. The average Bonchev–Trinajstić information content (AvgIpc) is 2.90. The summed E-state index contributed by atoms with van der Waals surface area (Å²) in [6, 6.07) is 1.42. The number of methoxy groups -OCH3 is 1. The molecule has 0 saturated heterocycles. The molecule has 0 aliphatic heterocycles. The SMILES string of the molecule is COc1c(Br)cc(F)c(C)c1C1(N)CC1. The van der Waals surface area contributed by atoms with Gasteiger partial charge in [-0.3, -0.25) is 0 Å². The highest BCUT2D eigenvalue weighted by molar-refractivity contribution is 9.10. The lowest BCUT2D eigenvalue weighted by Crippen LogP contribution is -2.22. The van der Waals surface area contributed by atoms with Crippen molar-refractivity contribution in [3.8, 4) is 5.75 Å². The number of hydrogen-bond donors (Lipinski definition) is 1. The van der Waals surface area contributed by atoms with Gasteiger partial charge in [-0.2, -0.15) is 0 Å². The van der Waals surface area contributed by atoms with Gasteiger partial charge in [0.15, 0.2) is 0 Å². The van der Waals surface area contributed by atoms with E-state index in [1.54, 1.807) is 14.0 Å². The van der Waals surface area contributed by atoms with Gasteiger partial charge < -0.3 is 10.5 Å². The van der Waals surface area contributed by atoms with E-state index in [0.29, 0.717) is 15.8 Å². The van der Waals surface area contributed by atoms with Crippen molar-refractivity contribution in [2.45, 2.75) is 25.3 Å². The molecule has 2 N–H and O–H groups in total. The molecule has 0 aromatic heterocycles. The number of hydrogen-bond acceptors (Lipinski definition) is 2. The van der Waals surface area contributed by atoms with E-state index in [-0.39, 0.29) is 11.4 Å². The highest BCUT2D eigenvalue weighted by Crippen LogP contribution is 2.50. The second-order valence-corrected chi connectivity index (χ2v) is 4.88. The molecule has 1 aromatic rings. The Hall–Kier alpha value is -0.610. The normalized spacial score (nSPS) is 17.7. The van der Waals surface area contributed by atoms with Crippen molar-refractivity contribution in [3.63, 3.8) is 0 Å². The molecule has 1 fully saturated rings. The number of ether oxygens (including phenoxy) is 1. The van der Waals surface area contributed by atoms with E-state index >= 15 is 0 Å². The molecule has 0 heterocycles. The van der Waals surface area contributed by atoms with Gasteiger partial charge in [0.25, 0.3) is 0 Å². The summed E-state index contributed by atoms with van der Waals surface area (Å²) in [5.74, 6) is 0.420. The molecule has 4 heteroatoms. The lowest BCUT2D eigenvalue weighted by Gasteiger charge is -2.19. The monoisotopic (exact) mass is 273 g/mol. The van der Waals surface area contributed by atoms with Crippen LogP contribution in [0, 0.1) is 12.7 Å². The molecule has 82 valence electrons. The van der Waals surface area contributed by atoms with E-state index in [0.717, 1.165) is 18.4 Å². The smallest absolute Gasteiger partial charge is 0.138 e. The maximum Gasteiger partial charge on any atom is 0.138 e. The summed E-state index contributed by atoms with van der Waals surface area (Å²) in [4.78, 5) is 0. The number of rotatable bonds is 2. The third-order valence-electron chi connectivity index (χ3n) is 2.92. The Morgan fingerprint density at radius 1 is 1.53 bits per heavy atom. The second-order valence-electron chi connectivity index (χ2n) is 4.03. The Labute approximate surface area is 96.7 Å². The van der Waals surface area contributed by atoms with Crippen LogP contribution in [0.4, 0.5) is 4.39 Å². The van der Waals surface area contributed by atoms with Crippen LogP contribution in [0.3, 0.4) is 0 Å². The molecule has 0 amide bonds. The largest absolute Gasteiger partial charge is 0.495 e. The fraction of sp³-hybridized carbons (Fsp3) is 0.455. The molecular weight excluding hydrogens is 261 g/mol. The Bertz CT molecular complexity index is 416. The highest BCUT2D eigenvalue weighted by atomic mass is 79.9. The summed E-state index contributed by atoms with van der Waals surface area (Å²) >= 11 is 3.29. The summed E-state index contributed by atoms with van der Waals surface area (Å²) in [5.41, 5.74) is 7.12. The van der Waals surface area contributed by atoms with Crippen molar-refractivity contribution in [2.75, 3.05) is 7.11 Å². The van der Waals surface area contributed by atoms with Crippen molar-refractivity contribution in [2.24, 2.45) is 5.73 Å². The molecule has 2 rings (SSSR count). The molecule has 1 saturated carbocycles. The second kappa shape index (κ2) is 3.46. The Kier molecular flexibility index (Phi) is 2.51. The lowest BCUT2D eigenvalue weighted by atomic mass is 9.98. The zero-order valence-corrected chi connectivity index (χ0v) is 10.3. The third kappa shape index (κ3) is 1.66. The van der Waals surface area contributed by atoms with Gasteiger partial charge in [0, 0.05) is 11.1 Å². The quantitative estimate of drug-likeness (QED) is 0.900. The molecule has 0 unspecified atom stereocenters. The number of halogens is 2. The first-order valence-electron chi connectivity index (χ1n) is 4.81. The Balaban J connectivity index is 2.68. The summed E-state index contributed by atoms with van der Waals surface area (Å²) in [5, 5.41) is 0. The Morgan fingerprint density at radius 2 is 2.13 bits per heavy atom. The van der Waals surface area contributed by atoms with Gasteiger partial charge in [-0.25, -0.2) is 4.39 Å². The van der Waals surface area contributed by atoms with Crippen molar-refractivity contribution in [1.82, 2.24) is 0 Å². The average molecular weight is 274 g/mol. The predicted molar refractivity (Wildman–Crippen MR) is 60.5 cm³/mol. The van der Waals surface area contributed by atoms with Crippen molar-refractivity contribution in [1.29, 1.82) is 0 Å².